The molecule has 170 valence electrons. The molecule has 1 aliphatic rings. The van der Waals surface area contributed by atoms with E-state index in [4.69, 9.17) is 20.8 Å². The fourth-order valence-electron chi connectivity index (χ4n) is 3.21. The number of nitrogens with one attached hydrogen (secondary N) is 1. The summed E-state index contributed by atoms with van der Waals surface area (Å²) in [5.41, 5.74) is 0.748. The molecule has 0 spiro atoms. The standard InChI is InChI=1S/C21H22ClN3O5S2/c22-17-4-2-1-3-16(17)18-14-24-20(30-18)7-6-19(26)23-13-15-5-8-21(31-15)32(27,28)25-9-11-29-12-10-25/h1-5,8,14H,6-7,9-13H2,(H,23,26). The van der Waals surface area contributed by atoms with Crippen molar-refractivity contribution in [2.75, 3.05) is 26.3 Å². The first-order chi connectivity index (χ1) is 15.4. The lowest BCUT2D eigenvalue weighted by Crippen LogP contribution is -2.40. The molecule has 1 aromatic carbocycles. The Labute approximate surface area is 195 Å². The number of hydrogen-bond acceptors (Lipinski definition) is 7. The number of sulfonamides is 1. The van der Waals surface area contributed by atoms with Crippen molar-refractivity contribution < 1.29 is 22.4 Å². The van der Waals surface area contributed by atoms with Crippen LogP contribution in [0.15, 0.2) is 51.2 Å². The third-order valence-corrected chi connectivity index (χ3v) is 8.70. The number of aromatic nitrogens is 1. The van der Waals surface area contributed by atoms with Gasteiger partial charge in [0.05, 0.1) is 31.0 Å². The van der Waals surface area contributed by atoms with Gasteiger partial charge in [0.15, 0.2) is 11.7 Å². The van der Waals surface area contributed by atoms with Crippen LogP contribution in [0, 0.1) is 0 Å². The van der Waals surface area contributed by atoms with Crippen molar-refractivity contribution in [3.05, 3.63) is 58.4 Å². The summed E-state index contributed by atoms with van der Waals surface area (Å²) >= 11 is 7.34. The lowest BCUT2D eigenvalue weighted by molar-refractivity contribution is -0.121. The predicted molar refractivity (Wildman–Crippen MR) is 121 cm³/mol. The molecule has 2 aromatic heterocycles. The Morgan fingerprint density at radius 2 is 1.97 bits per heavy atom. The van der Waals surface area contributed by atoms with Gasteiger partial charge in [-0.15, -0.1) is 11.3 Å². The maximum Gasteiger partial charge on any atom is 0.252 e. The second-order valence-corrected chi connectivity index (χ2v) is 10.9. The molecule has 11 heteroatoms. The summed E-state index contributed by atoms with van der Waals surface area (Å²) in [5.74, 6) is 0.831. The van der Waals surface area contributed by atoms with E-state index in [1.54, 1.807) is 24.4 Å². The minimum absolute atomic E-state index is 0.173. The number of oxazole rings is 1. The molecule has 3 heterocycles. The van der Waals surface area contributed by atoms with Crippen LogP contribution in [0.1, 0.15) is 17.2 Å². The summed E-state index contributed by atoms with van der Waals surface area (Å²) in [4.78, 5) is 17.2. The van der Waals surface area contributed by atoms with Crippen LogP contribution < -0.4 is 5.32 Å². The highest BCUT2D eigenvalue weighted by Crippen LogP contribution is 2.28. The highest BCUT2D eigenvalue weighted by Gasteiger charge is 2.27. The first-order valence-corrected chi connectivity index (χ1v) is 12.7. The van der Waals surface area contributed by atoms with Crippen LogP contribution in [0.2, 0.25) is 5.02 Å². The number of aryl methyl sites for hydroxylation is 1. The highest BCUT2D eigenvalue weighted by molar-refractivity contribution is 7.91. The van der Waals surface area contributed by atoms with E-state index in [0.29, 0.717) is 49.4 Å². The number of rotatable bonds is 8. The molecule has 0 radical (unpaired) electrons. The van der Waals surface area contributed by atoms with Crippen molar-refractivity contribution in [1.82, 2.24) is 14.6 Å². The van der Waals surface area contributed by atoms with Crippen molar-refractivity contribution >= 4 is 38.9 Å². The van der Waals surface area contributed by atoms with E-state index >= 15 is 0 Å². The zero-order valence-corrected chi connectivity index (χ0v) is 19.5. The van der Waals surface area contributed by atoms with E-state index < -0.39 is 10.0 Å². The highest BCUT2D eigenvalue weighted by atomic mass is 35.5. The molecule has 1 saturated heterocycles. The molecular formula is C21H22ClN3O5S2. The number of amides is 1. The van der Waals surface area contributed by atoms with Crippen LogP contribution in [-0.2, 0) is 32.5 Å². The molecule has 32 heavy (non-hydrogen) atoms. The minimum Gasteiger partial charge on any atom is -0.441 e. The molecule has 0 bridgehead atoms. The van der Waals surface area contributed by atoms with Crippen LogP contribution >= 0.6 is 22.9 Å². The number of hydrogen-bond donors (Lipinski definition) is 1. The van der Waals surface area contributed by atoms with E-state index in [1.165, 1.54) is 4.31 Å². The van der Waals surface area contributed by atoms with Crippen molar-refractivity contribution in [3.63, 3.8) is 0 Å². The van der Waals surface area contributed by atoms with Crippen molar-refractivity contribution in [2.24, 2.45) is 0 Å². The van der Waals surface area contributed by atoms with Gasteiger partial charge >= 0.3 is 0 Å². The number of benzene rings is 1. The van der Waals surface area contributed by atoms with E-state index in [9.17, 15) is 13.2 Å². The van der Waals surface area contributed by atoms with Crippen LogP contribution in [0.25, 0.3) is 11.3 Å². The fraction of sp³-hybridized carbons (Fsp3) is 0.333. The number of morpholine rings is 1. The summed E-state index contributed by atoms with van der Waals surface area (Å²) in [6.45, 7) is 1.77. The lowest BCUT2D eigenvalue weighted by atomic mass is 10.2. The van der Waals surface area contributed by atoms with E-state index in [-0.39, 0.29) is 23.1 Å². The van der Waals surface area contributed by atoms with Crippen molar-refractivity contribution in [1.29, 1.82) is 0 Å². The average Bonchev–Trinajstić information content (AvgIpc) is 3.47. The number of thiophene rings is 1. The minimum atomic E-state index is -3.52. The Balaban J connectivity index is 1.27. The van der Waals surface area contributed by atoms with Gasteiger partial charge < -0.3 is 14.5 Å². The molecule has 4 rings (SSSR count). The number of halogens is 1. The normalized spacial score (nSPS) is 15.0. The molecule has 0 atom stereocenters. The summed E-state index contributed by atoms with van der Waals surface area (Å²) in [6, 6.07) is 10.6. The van der Waals surface area contributed by atoms with E-state index in [0.717, 1.165) is 21.8 Å². The van der Waals surface area contributed by atoms with Gasteiger partial charge in [0.2, 0.25) is 5.91 Å². The number of ether oxygens (including phenoxy) is 1. The Hall–Kier alpha value is -2.24. The van der Waals surface area contributed by atoms with Gasteiger partial charge in [0.25, 0.3) is 10.0 Å². The summed E-state index contributed by atoms with van der Waals surface area (Å²) in [6.07, 6.45) is 2.14. The quantitative estimate of drug-likeness (QED) is 0.514. The Morgan fingerprint density at radius 1 is 1.19 bits per heavy atom. The second kappa shape index (κ2) is 10.1. The first kappa shape index (κ1) is 22.9. The maximum atomic E-state index is 12.7. The third-order valence-electron chi connectivity index (χ3n) is 4.92. The van der Waals surface area contributed by atoms with Gasteiger partial charge in [-0.2, -0.15) is 4.31 Å². The molecule has 1 N–H and O–H groups in total. The van der Waals surface area contributed by atoms with Gasteiger partial charge in [0, 0.05) is 36.4 Å². The largest absolute Gasteiger partial charge is 0.441 e. The molecule has 0 unspecified atom stereocenters. The van der Waals surface area contributed by atoms with E-state index in [2.05, 4.69) is 10.3 Å². The number of carbonyl (C=O) groups is 1. The van der Waals surface area contributed by atoms with Crippen molar-refractivity contribution in [2.45, 2.75) is 23.6 Å². The average molecular weight is 496 g/mol. The van der Waals surface area contributed by atoms with Gasteiger partial charge in [-0.05, 0) is 24.3 Å². The molecule has 0 saturated carbocycles. The van der Waals surface area contributed by atoms with Gasteiger partial charge in [0.1, 0.15) is 4.21 Å². The second-order valence-electron chi connectivity index (χ2n) is 7.11. The van der Waals surface area contributed by atoms with Crippen LogP contribution in [0.4, 0.5) is 0 Å². The molecule has 8 nitrogen and oxygen atoms in total. The smallest absolute Gasteiger partial charge is 0.252 e. The SMILES string of the molecule is O=C(CCc1ncc(-c2ccccc2Cl)o1)NCc1ccc(S(=O)(=O)N2CCOCC2)s1. The Bertz CT molecular complexity index is 1190. The maximum absolute atomic E-state index is 12.7. The molecule has 1 fully saturated rings. The van der Waals surface area contributed by atoms with Crippen LogP contribution in [0.5, 0.6) is 0 Å². The number of carbonyl (C=O) groups excluding carboxylic acids is 1. The van der Waals surface area contributed by atoms with Gasteiger partial charge in [-0.25, -0.2) is 13.4 Å². The summed E-state index contributed by atoms with van der Waals surface area (Å²) in [7, 11) is -3.52. The zero-order valence-electron chi connectivity index (χ0n) is 17.1. The van der Waals surface area contributed by atoms with Crippen LogP contribution in [0.3, 0.4) is 0 Å². The first-order valence-electron chi connectivity index (χ1n) is 10.1. The monoisotopic (exact) mass is 495 g/mol. The Kier molecular flexibility index (Phi) is 7.27. The van der Waals surface area contributed by atoms with E-state index in [1.807, 2.05) is 18.2 Å². The molecule has 0 aliphatic carbocycles. The molecule has 1 aliphatic heterocycles. The lowest BCUT2D eigenvalue weighted by Gasteiger charge is -2.25. The summed E-state index contributed by atoms with van der Waals surface area (Å²) in [5, 5.41) is 3.38. The molecular weight excluding hydrogens is 474 g/mol. The number of nitrogens with zero attached hydrogens (tertiary/aromatic N) is 2. The summed E-state index contributed by atoms with van der Waals surface area (Å²) < 4.78 is 38.0. The van der Waals surface area contributed by atoms with Gasteiger partial charge in [-0.3, -0.25) is 4.79 Å². The predicted octanol–water partition coefficient (Wildman–Crippen LogP) is 3.33. The van der Waals surface area contributed by atoms with Gasteiger partial charge in [-0.1, -0.05) is 23.7 Å². The van der Waals surface area contributed by atoms with Crippen molar-refractivity contribution in [3.8, 4) is 11.3 Å². The van der Waals surface area contributed by atoms with Crippen LogP contribution in [-0.4, -0.2) is 49.9 Å². The fourth-order valence-corrected chi connectivity index (χ4v) is 6.30. The third kappa shape index (κ3) is 5.38. The Morgan fingerprint density at radius 3 is 2.75 bits per heavy atom. The topological polar surface area (TPSA) is 102 Å². The molecule has 3 aromatic rings. The zero-order chi connectivity index (χ0) is 22.6. The molecule has 1 amide bonds.